The Bertz CT molecular complexity index is 1290. The summed E-state index contributed by atoms with van der Waals surface area (Å²) in [6, 6.07) is 40.1. The van der Waals surface area contributed by atoms with Crippen molar-refractivity contribution >= 4 is 33.7 Å². The Labute approximate surface area is 181 Å². The van der Waals surface area contributed by atoms with Gasteiger partial charge in [0.25, 0.3) is 0 Å². The Morgan fingerprint density at radius 2 is 0.900 bits per heavy atom. The van der Waals surface area contributed by atoms with Crippen LogP contribution in [0.5, 0.6) is 0 Å². The van der Waals surface area contributed by atoms with Gasteiger partial charge in [0.15, 0.2) is 0 Å². The zero-order chi connectivity index (χ0) is 20.3. The van der Waals surface area contributed by atoms with E-state index in [0.29, 0.717) is 0 Å². The minimum Gasteiger partial charge on any atom is -0.356 e. The van der Waals surface area contributed by atoms with Crippen molar-refractivity contribution in [2.45, 2.75) is 0 Å². The van der Waals surface area contributed by atoms with Crippen molar-refractivity contribution in [1.29, 1.82) is 0 Å². The minimum atomic E-state index is 0.739. The van der Waals surface area contributed by atoms with Gasteiger partial charge in [-0.05, 0) is 75.5 Å². The molecule has 0 heterocycles. The van der Waals surface area contributed by atoms with Gasteiger partial charge >= 0.3 is 0 Å². The van der Waals surface area contributed by atoms with Crippen LogP contribution in [0, 0.1) is 0 Å². The summed E-state index contributed by atoms with van der Waals surface area (Å²) < 4.78 is 0. The summed E-state index contributed by atoms with van der Waals surface area (Å²) in [7, 11) is 0. The van der Waals surface area contributed by atoms with E-state index in [4.69, 9.17) is 11.6 Å². The van der Waals surface area contributed by atoms with Gasteiger partial charge in [0.1, 0.15) is 0 Å². The molecule has 0 atom stereocenters. The van der Waals surface area contributed by atoms with E-state index in [-0.39, 0.29) is 0 Å². The molecule has 0 aromatic heterocycles. The van der Waals surface area contributed by atoms with Crippen LogP contribution in [0.15, 0.2) is 115 Å². The van der Waals surface area contributed by atoms with Gasteiger partial charge in [-0.25, -0.2) is 0 Å². The highest BCUT2D eigenvalue weighted by Gasteiger charge is 2.03. The highest BCUT2D eigenvalue weighted by atomic mass is 35.5. The second-order valence-electron chi connectivity index (χ2n) is 7.35. The minimum absolute atomic E-state index is 0.739. The SMILES string of the molecule is Clc1ccc(Nc2ccc(-c3ccc(-c4ccc5ccccc5c4)cc3)cc2)cc1. The normalized spacial score (nSPS) is 10.8. The number of hydrogen-bond acceptors (Lipinski definition) is 1. The molecule has 5 aromatic rings. The molecule has 0 aliphatic heterocycles. The number of halogens is 1. The first kappa shape index (κ1) is 18.5. The maximum atomic E-state index is 5.95. The zero-order valence-corrected chi connectivity index (χ0v) is 17.1. The van der Waals surface area contributed by atoms with Crippen LogP contribution in [0.25, 0.3) is 33.0 Å². The molecule has 0 bridgehead atoms. The molecular weight excluding hydrogens is 386 g/mol. The summed E-state index contributed by atoms with van der Waals surface area (Å²) in [4.78, 5) is 0. The van der Waals surface area contributed by atoms with Crippen LogP contribution in [0.2, 0.25) is 5.02 Å². The molecule has 0 fully saturated rings. The topological polar surface area (TPSA) is 12.0 Å². The van der Waals surface area contributed by atoms with E-state index in [1.807, 2.05) is 24.3 Å². The monoisotopic (exact) mass is 405 g/mol. The van der Waals surface area contributed by atoms with E-state index < -0.39 is 0 Å². The van der Waals surface area contributed by atoms with Crippen molar-refractivity contribution in [2.75, 3.05) is 5.32 Å². The van der Waals surface area contributed by atoms with Crippen LogP contribution in [-0.4, -0.2) is 0 Å². The summed E-state index contributed by atoms with van der Waals surface area (Å²) in [6.07, 6.45) is 0. The Balaban J connectivity index is 1.35. The lowest BCUT2D eigenvalue weighted by molar-refractivity contribution is 1.54. The molecule has 1 N–H and O–H groups in total. The quantitative estimate of drug-likeness (QED) is 0.315. The van der Waals surface area contributed by atoms with Crippen molar-refractivity contribution in [1.82, 2.24) is 0 Å². The molecule has 0 aliphatic rings. The summed E-state index contributed by atoms with van der Waals surface area (Å²) in [5.41, 5.74) is 6.94. The lowest BCUT2D eigenvalue weighted by Crippen LogP contribution is -1.89. The molecule has 5 rings (SSSR count). The average Bonchev–Trinajstić information content (AvgIpc) is 2.81. The lowest BCUT2D eigenvalue weighted by Gasteiger charge is -2.09. The highest BCUT2D eigenvalue weighted by molar-refractivity contribution is 6.30. The van der Waals surface area contributed by atoms with Gasteiger partial charge in [-0.1, -0.05) is 84.4 Å². The van der Waals surface area contributed by atoms with Gasteiger partial charge in [0.2, 0.25) is 0 Å². The van der Waals surface area contributed by atoms with Crippen molar-refractivity contribution in [3.8, 4) is 22.3 Å². The molecule has 0 amide bonds. The van der Waals surface area contributed by atoms with Crippen molar-refractivity contribution in [3.63, 3.8) is 0 Å². The Kier molecular flexibility index (Phi) is 4.96. The third-order valence-corrected chi connectivity index (χ3v) is 5.57. The van der Waals surface area contributed by atoms with Crippen LogP contribution in [0.1, 0.15) is 0 Å². The number of fused-ring (bicyclic) bond motifs is 1. The molecule has 0 saturated carbocycles. The van der Waals surface area contributed by atoms with Crippen molar-refractivity contribution < 1.29 is 0 Å². The van der Waals surface area contributed by atoms with E-state index in [1.54, 1.807) is 0 Å². The second-order valence-corrected chi connectivity index (χ2v) is 7.78. The first-order valence-electron chi connectivity index (χ1n) is 9.97. The third kappa shape index (κ3) is 3.94. The molecule has 0 aliphatic carbocycles. The zero-order valence-electron chi connectivity index (χ0n) is 16.3. The van der Waals surface area contributed by atoms with E-state index in [0.717, 1.165) is 16.4 Å². The summed E-state index contributed by atoms with van der Waals surface area (Å²) in [6.45, 7) is 0. The van der Waals surface area contributed by atoms with Gasteiger partial charge in [-0.3, -0.25) is 0 Å². The van der Waals surface area contributed by atoms with Crippen molar-refractivity contribution in [3.05, 3.63) is 120 Å². The van der Waals surface area contributed by atoms with Gasteiger partial charge in [-0.2, -0.15) is 0 Å². The average molecular weight is 406 g/mol. The predicted molar refractivity (Wildman–Crippen MR) is 130 cm³/mol. The molecular formula is C28H20ClN. The number of benzene rings is 5. The standard InChI is InChI=1S/C28H20ClN/c29-26-13-17-28(18-14-26)30-27-15-11-22(12-16-27)21-5-7-23(8-6-21)25-10-9-20-3-1-2-4-24(20)19-25/h1-19,30H. The van der Waals surface area contributed by atoms with Gasteiger partial charge in [-0.15, -0.1) is 0 Å². The molecule has 1 nitrogen and oxygen atoms in total. The largest absolute Gasteiger partial charge is 0.356 e. The van der Waals surface area contributed by atoms with E-state index >= 15 is 0 Å². The molecule has 144 valence electrons. The van der Waals surface area contributed by atoms with Crippen LogP contribution >= 0.6 is 11.6 Å². The summed E-state index contributed by atoms with van der Waals surface area (Å²) >= 11 is 5.95. The molecule has 30 heavy (non-hydrogen) atoms. The summed E-state index contributed by atoms with van der Waals surface area (Å²) in [5.74, 6) is 0. The van der Waals surface area contributed by atoms with E-state index in [1.165, 1.54) is 33.0 Å². The maximum absolute atomic E-state index is 5.95. The second kappa shape index (κ2) is 8.06. The Morgan fingerprint density at radius 3 is 1.53 bits per heavy atom. The van der Waals surface area contributed by atoms with Gasteiger partial charge in [0.05, 0.1) is 0 Å². The maximum Gasteiger partial charge on any atom is 0.0407 e. The van der Waals surface area contributed by atoms with Crippen LogP contribution < -0.4 is 5.32 Å². The fourth-order valence-corrected chi connectivity index (χ4v) is 3.80. The molecule has 0 unspecified atom stereocenters. The summed E-state index contributed by atoms with van der Waals surface area (Å²) in [5, 5.41) is 6.67. The lowest BCUT2D eigenvalue weighted by atomic mass is 9.98. The van der Waals surface area contributed by atoms with Gasteiger partial charge < -0.3 is 5.32 Å². The Hall–Kier alpha value is -3.55. The molecule has 5 aromatic carbocycles. The smallest absolute Gasteiger partial charge is 0.0407 e. The van der Waals surface area contributed by atoms with Gasteiger partial charge in [0, 0.05) is 16.4 Å². The Morgan fingerprint density at radius 1 is 0.433 bits per heavy atom. The predicted octanol–water partition coefficient (Wildman–Crippen LogP) is 8.57. The van der Waals surface area contributed by atoms with Crippen LogP contribution in [-0.2, 0) is 0 Å². The van der Waals surface area contributed by atoms with E-state index in [2.05, 4.69) is 96.3 Å². The fourth-order valence-electron chi connectivity index (χ4n) is 3.67. The first-order valence-corrected chi connectivity index (χ1v) is 10.3. The molecule has 0 saturated heterocycles. The highest BCUT2D eigenvalue weighted by Crippen LogP contribution is 2.28. The van der Waals surface area contributed by atoms with Crippen LogP contribution in [0.4, 0.5) is 11.4 Å². The molecule has 0 spiro atoms. The number of rotatable bonds is 4. The molecule has 0 radical (unpaired) electrons. The number of nitrogens with one attached hydrogen (secondary N) is 1. The van der Waals surface area contributed by atoms with Crippen molar-refractivity contribution in [2.24, 2.45) is 0 Å². The first-order chi connectivity index (χ1) is 14.7. The number of hydrogen-bond donors (Lipinski definition) is 1. The van der Waals surface area contributed by atoms with E-state index in [9.17, 15) is 0 Å². The number of anilines is 2. The van der Waals surface area contributed by atoms with Crippen LogP contribution in [0.3, 0.4) is 0 Å². The fraction of sp³-hybridized carbons (Fsp3) is 0. The molecule has 2 heteroatoms. The third-order valence-electron chi connectivity index (χ3n) is 5.32.